The second kappa shape index (κ2) is 6.68. The molecule has 2 N–H and O–H groups in total. The minimum Gasteiger partial charge on any atom is -0.497 e. The predicted molar refractivity (Wildman–Crippen MR) is 94.2 cm³/mol. The molecule has 1 aromatic carbocycles. The zero-order chi connectivity index (χ0) is 18.0. The molecule has 0 saturated carbocycles. The molecule has 0 atom stereocenters. The van der Waals surface area contributed by atoms with Gasteiger partial charge < -0.3 is 19.6 Å². The van der Waals surface area contributed by atoms with Gasteiger partial charge in [-0.3, -0.25) is 4.79 Å². The lowest BCUT2D eigenvalue weighted by atomic mass is 10.0. The van der Waals surface area contributed by atoms with Crippen LogP contribution in [0.25, 0.3) is 5.52 Å². The zero-order valence-corrected chi connectivity index (χ0v) is 14.0. The van der Waals surface area contributed by atoms with E-state index in [1.165, 1.54) is 0 Å². The van der Waals surface area contributed by atoms with E-state index in [0.717, 1.165) is 0 Å². The number of ether oxygens (including phenoxy) is 2. The predicted octanol–water partition coefficient (Wildman–Crippen LogP) is 2.94. The van der Waals surface area contributed by atoms with Gasteiger partial charge in [0.2, 0.25) is 5.78 Å². The van der Waals surface area contributed by atoms with Gasteiger partial charge in [-0.25, -0.2) is 4.79 Å². The largest absolute Gasteiger partial charge is 0.497 e. The van der Waals surface area contributed by atoms with Crippen LogP contribution in [0, 0.1) is 0 Å². The Morgan fingerprint density at radius 2 is 1.88 bits per heavy atom. The van der Waals surface area contributed by atoms with Crippen molar-refractivity contribution in [2.45, 2.75) is 6.92 Å². The van der Waals surface area contributed by atoms with Crippen LogP contribution in [0.5, 0.6) is 5.75 Å². The van der Waals surface area contributed by atoms with Gasteiger partial charge in [-0.2, -0.15) is 0 Å². The Labute approximate surface area is 144 Å². The highest BCUT2D eigenvalue weighted by molar-refractivity contribution is 6.14. The lowest BCUT2D eigenvalue weighted by Gasteiger charge is -2.13. The van der Waals surface area contributed by atoms with E-state index in [9.17, 15) is 9.59 Å². The van der Waals surface area contributed by atoms with Gasteiger partial charge in [0.1, 0.15) is 11.4 Å². The minimum atomic E-state index is -0.549. The molecular weight excluding hydrogens is 320 g/mol. The Bertz CT molecular complexity index is 942. The second-order valence-corrected chi connectivity index (χ2v) is 5.40. The van der Waals surface area contributed by atoms with Gasteiger partial charge >= 0.3 is 5.97 Å². The molecule has 128 valence electrons. The normalized spacial score (nSPS) is 10.6. The molecule has 6 nitrogen and oxygen atoms in total. The van der Waals surface area contributed by atoms with E-state index < -0.39 is 5.97 Å². The van der Waals surface area contributed by atoms with E-state index in [-0.39, 0.29) is 29.3 Å². The number of ketones is 1. The molecule has 0 aliphatic carbocycles. The van der Waals surface area contributed by atoms with Gasteiger partial charge in [0, 0.05) is 17.3 Å². The summed E-state index contributed by atoms with van der Waals surface area (Å²) in [6.07, 6.45) is 1.73. The molecule has 25 heavy (non-hydrogen) atoms. The third kappa shape index (κ3) is 2.94. The number of hydrogen-bond acceptors (Lipinski definition) is 5. The van der Waals surface area contributed by atoms with E-state index in [0.29, 0.717) is 16.8 Å². The average Bonchev–Trinajstić information content (AvgIpc) is 3.09. The quantitative estimate of drug-likeness (QED) is 0.571. The van der Waals surface area contributed by atoms with Crippen molar-refractivity contribution >= 4 is 23.0 Å². The number of nitrogens with two attached hydrogens (primary N) is 1. The number of esters is 1. The first-order chi connectivity index (χ1) is 12.1. The molecule has 0 aliphatic heterocycles. The van der Waals surface area contributed by atoms with Crippen LogP contribution < -0.4 is 10.5 Å². The van der Waals surface area contributed by atoms with Gasteiger partial charge in [-0.05, 0) is 49.4 Å². The second-order valence-electron chi connectivity index (χ2n) is 5.40. The highest BCUT2D eigenvalue weighted by Crippen LogP contribution is 2.26. The van der Waals surface area contributed by atoms with Gasteiger partial charge in [0.15, 0.2) is 0 Å². The molecule has 0 unspecified atom stereocenters. The molecule has 0 saturated heterocycles. The number of nitrogen functional groups attached to an aromatic ring is 1. The molecule has 0 aliphatic rings. The molecule has 3 aromatic rings. The van der Waals surface area contributed by atoms with Crippen molar-refractivity contribution in [1.82, 2.24) is 4.40 Å². The van der Waals surface area contributed by atoms with E-state index in [1.807, 2.05) is 0 Å². The zero-order valence-electron chi connectivity index (χ0n) is 14.0. The summed E-state index contributed by atoms with van der Waals surface area (Å²) in [5, 5.41) is 0. The number of nitrogens with zero attached hydrogens (tertiary/aromatic N) is 1. The average molecular weight is 338 g/mol. The monoisotopic (exact) mass is 338 g/mol. The lowest BCUT2D eigenvalue weighted by molar-refractivity contribution is 0.0527. The summed E-state index contributed by atoms with van der Waals surface area (Å²) in [4.78, 5) is 25.2. The molecule has 0 amide bonds. The SMILES string of the molecule is CCOC(=O)c1cc2cccn2c(C(=O)c2ccc(OC)cc2)c1N. The standard InChI is InChI=1S/C19H18N2O4/c1-3-25-19(23)15-11-13-5-4-10-21(13)17(16(15)20)18(22)12-6-8-14(24-2)9-7-12/h4-11H,3,20H2,1-2H3. The topological polar surface area (TPSA) is 83.0 Å². The molecule has 6 heteroatoms. The third-order valence-corrected chi connectivity index (χ3v) is 3.92. The van der Waals surface area contributed by atoms with Crippen LogP contribution >= 0.6 is 0 Å². The number of methoxy groups -OCH3 is 1. The van der Waals surface area contributed by atoms with Crippen LogP contribution in [0.2, 0.25) is 0 Å². The highest BCUT2D eigenvalue weighted by Gasteiger charge is 2.22. The molecule has 0 spiro atoms. The molecule has 0 fully saturated rings. The van der Waals surface area contributed by atoms with Gasteiger partial charge in [0.25, 0.3) is 0 Å². The summed E-state index contributed by atoms with van der Waals surface area (Å²) < 4.78 is 11.8. The van der Waals surface area contributed by atoms with Crippen LogP contribution in [0.1, 0.15) is 33.3 Å². The van der Waals surface area contributed by atoms with Crippen molar-refractivity contribution in [2.75, 3.05) is 19.5 Å². The van der Waals surface area contributed by atoms with Gasteiger partial charge in [-0.1, -0.05) is 0 Å². The number of anilines is 1. The number of fused-ring (bicyclic) bond motifs is 1. The summed E-state index contributed by atoms with van der Waals surface area (Å²) in [7, 11) is 1.56. The maximum Gasteiger partial charge on any atom is 0.340 e. The number of aromatic nitrogens is 1. The molecule has 2 heterocycles. The molecular formula is C19H18N2O4. The van der Waals surface area contributed by atoms with E-state index >= 15 is 0 Å². The molecule has 0 radical (unpaired) electrons. The lowest BCUT2D eigenvalue weighted by Crippen LogP contribution is -2.16. The molecule has 0 bridgehead atoms. The first-order valence-corrected chi connectivity index (χ1v) is 7.82. The fourth-order valence-corrected chi connectivity index (χ4v) is 2.69. The van der Waals surface area contributed by atoms with Gasteiger partial charge in [-0.15, -0.1) is 0 Å². The van der Waals surface area contributed by atoms with Crippen molar-refractivity contribution in [3.05, 3.63) is 65.5 Å². The fourth-order valence-electron chi connectivity index (χ4n) is 2.69. The summed E-state index contributed by atoms with van der Waals surface area (Å²) in [6.45, 7) is 1.94. The Hall–Kier alpha value is -3.28. The number of hydrogen-bond donors (Lipinski definition) is 1. The highest BCUT2D eigenvalue weighted by atomic mass is 16.5. The van der Waals surface area contributed by atoms with Crippen molar-refractivity contribution in [1.29, 1.82) is 0 Å². The summed E-state index contributed by atoms with van der Waals surface area (Å²) >= 11 is 0. The van der Waals surface area contributed by atoms with Crippen molar-refractivity contribution in [3.8, 4) is 5.75 Å². The van der Waals surface area contributed by atoms with Crippen LogP contribution in [0.4, 0.5) is 5.69 Å². The fraction of sp³-hybridized carbons (Fsp3) is 0.158. The van der Waals surface area contributed by atoms with Crippen molar-refractivity contribution in [3.63, 3.8) is 0 Å². The maximum atomic E-state index is 13.0. The van der Waals surface area contributed by atoms with E-state index in [2.05, 4.69) is 0 Å². The van der Waals surface area contributed by atoms with Crippen LogP contribution in [0.15, 0.2) is 48.7 Å². The number of rotatable bonds is 5. The summed E-state index contributed by atoms with van der Waals surface area (Å²) in [5.74, 6) is -0.184. The Kier molecular flexibility index (Phi) is 4.43. The number of carbonyl (C=O) groups is 2. The van der Waals surface area contributed by atoms with E-state index in [1.54, 1.807) is 67.1 Å². The van der Waals surface area contributed by atoms with Crippen molar-refractivity contribution < 1.29 is 19.1 Å². The van der Waals surface area contributed by atoms with Crippen molar-refractivity contribution in [2.24, 2.45) is 0 Å². The minimum absolute atomic E-state index is 0.1000. The van der Waals surface area contributed by atoms with Crippen LogP contribution in [0.3, 0.4) is 0 Å². The number of pyridine rings is 1. The number of benzene rings is 1. The Morgan fingerprint density at radius 3 is 2.52 bits per heavy atom. The third-order valence-electron chi connectivity index (χ3n) is 3.92. The summed E-state index contributed by atoms with van der Waals surface area (Å²) in [5.41, 5.74) is 7.82. The Morgan fingerprint density at radius 1 is 1.16 bits per heavy atom. The Balaban J connectivity index is 2.16. The smallest absolute Gasteiger partial charge is 0.340 e. The molecule has 2 aromatic heterocycles. The first kappa shape index (κ1) is 16.6. The van der Waals surface area contributed by atoms with E-state index in [4.69, 9.17) is 15.2 Å². The van der Waals surface area contributed by atoms with Crippen LogP contribution in [-0.4, -0.2) is 29.9 Å². The molecule has 3 rings (SSSR count). The summed E-state index contributed by atoms with van der Waals surface area (Å²) in [6, 6.07) is 11.9. The maximum absolute atomic E-state index is 13.0. The van der Waals surface area contributed by atoms with Crippen LogP contribution in [-0.2, 0) is 4.74 Å². The van der Waals surface area contributed by atoms with Gasteiger partial charge in [0.05, 0.1) is 25.0 Å². The number of carbonyl (C=O) groups excluding carboxylic acids is 2. The first-order valence-electron chi connectivity index (χ1n) is 7.82.